The van der Waals surface area contributed by atoms with E-state index in [-0.39, 0.29) is 10.6 Å². The van der Waals surface area contributed by atoms with E-state index < -0.39 is 0 Å². The average Bonchev–Trinajstić information content (AvgIpc) is 3.23. The van der Waals surface area contributed by atoms with Crippen LogP contribution in [0.5, 0.6) is 0 Å². The maximum Gasteiger partial charge on any atom is 0.269 e. The van der Waals surface area contributed by atoms with Crippen molar-refractivity contribution in [3.05, 3.63) is 80.4 Å². The Kier molecular flexibility index (Phi) is 7.73. The molecule has 2 aliphatic rings. The van der Waals surface area contributed by atoms with Gasteiger partial charge in [0.05, 0.1) is 23.8 Å². The van der Waals surface area contributed by atoms with E-state index in [9.17, 15) is 10.1 Å². The molecular formula is C26H31N3O3S. The summed E-state index contributed by atoms with van der Waals surface area (Å²) in [5.41, 5.74) is 5.27. The minimum absolute atomic E-state index is 0.127. The molecule has 33 heavy (non-hydrogen) atoms. The number of hydrogen-bond donors (Lipinski definition) is 0. The standard InChI is InChI=1S/C26H31N3O3S/c1-3-27(4-2)22-8-5-20(6-9-22)19-21-7-14-25(26(21)28-15-17-32-18-16-28)33-24-12-10-23(11-13-24)29(30)31/h5-6,8-13,19H,3-4,7,14-18H2,1-2H3. The molecule has 174 valence electrons. The minimum Gasteiger partial charge on any atom is -0.378 e. The number of non-ortho nitro benzene ring substituents is 1. The van der Waals surface area contributed by atoms with Gasteiger partial charge in [0.25, 0.3) is 5.69 Å². The summed E-state index contributed by atoms with van der Waals surface area (Å²) < 4.78 is 5.60. The van der Waals surface area contributed by atoms with Crippen LogP contribution in [-0.2, 0) is 4.74 Å². The SMILES string of the molecule is CCN(CC)c1ccc(C=C2CCC(Sc3ccc([N+](=O)[O-])cc3)=C2N2CCOCC2)cc1. The Morgan fingerprint density at radius 3 is 2.30 bits per heavy atom. The van der Waals surface area contributed by atoms with Crippen LogP contribution in [0.2, 0.25) is 0 Å². The van der Waals surface area contributed by atoms with Gasteiger partial charge in [0.15, 0.2) is 0 Å². The van der Waals surface area contributed by atoms with Crippen LogP contribution in [0.4, 0.5) is 11.4 Å². The van der Waals surface area contributed by atoms with Gasteiger partial charge in [-0.3, -0.25) is 10.1 Å². The number of nitro benzene ring substituents is 1. The highest BCUT2D eigenvalue weighted by Crippen LogP contribution is 2.44. The number of nitro groups is 1. The van der Waals surface area contributed by atoms with E-state index in [1.54, 1.807) is 23.9 Å². The summed E-state index contributed by atoms with van der Waals surface area (Å²) in [7, 11) is 0. The first-order chi connectivity index (χ1) is 16.1. The molecule has 1 fully saturated rings. The van der Waals surface area contributed by atoms with Gasteiger partial charge < -0.3 is 14.5 Å². The molecule has 0 radical (unpaired) electrons. The van der Waals surface area contributed by atoms with E-state index in [4.69, 9.17) is 4.74 Å². The zero-order chi connectivity index (χ0) is 23.2. The van der Waals surface area contributed by atoms with Gasteiger partial charge in [-0.1, -0.05) is 23.9 Å². The van der Waals surface area contributed by atoms with E-state index in [1.807, 2.05) is 12.1 Å². The van der Waals surface area contributed by atoms with E-state index in [2.05, 4.69) is 54.0 Å². The van der Waals surface area contributed by atoms with Crippen LogP contribution in [0.3, 0.4) is 0 Å². The first kappa shape index (κ1) is 23.4. The maximum absolute atomic E-state index is 11.0. The monoisotopic (exact) mass is 465 g/mol. The Morgan fingerprint density at radius 2 is 1.70 bits per heavy atom. The van der Waals surface area contributed by atoms with Gasteiger partial charge in [-0.25, -0.2) is 0 Å². The molecule has 1 heterocycles. The fourth-order valence-corrected chi connectivity index (χ4v) is 5.54. The Labute approximate surface area is 200 Å². The topological polar surface area (TPSA) is 58.8 Å². The van der Waals surface area contributed by atoms with Gasteiger partial charge >= 0.3 is 0 Å². The molecule has 0 saturated carbocycles. The van der Waals surface area contributed by atoms with Gasteiger partial charge in [0, 0.05) is 53.8 Å². The molecule has 4 rings (SSSR count). The van der Waals surface area contributed by atoms with Crippen LogP contribution in [-0.4, -0.2) is 49.2 Å². The Hall–Kier alpha value is -2.77. The molecule has 0 amide bonds. The van der Waals surface area contributed by atoms with Crippen molar-refractivity contribution in [1.29, 1.82) is 0 Å². The van der Waals surface area contributed by atoms with Crippen molar-refractivity contribution >= 4 is 29.2 Å². The highest BCUT2D eigenvalue weighted by atomic mass is 32.2. The van der Waals surface area contributed by atoms with Crippen molar-refractivity contribution in [3.63, 3.8) is 0 Å². The van der Waals surface area contributed by atoms with E-state index in [0.717, 1.165) is 57.1 Å². The van der Waals surface area contributed by atoms with Crippen molar-refractivity contribution in [3.8, 4) is 0 Å². The largest absolute Gasteiger partial charge is 0.378 e. The molecule has 7 heteroatoms. The van der Waals surface area contributed by atoms with E-state index in [0.29, 0.717) is 0 Å². The molecule has 0 spiro atoms. The van der Waals surface area contributed by atoms with Crippen LogP contribution in [0.1, 0.15) is 32.3 Å². The lowest BCUT2D eigenvalue weighted by Crippen LogP contribution is -2.35. The number of hydrogen-bond acceptors (Lipinski definition) is 6. The first-order valence-electron chi connectivity index (χ1n) is 11.6. The number of rotatable bonds is 8. The highest BCUT2D eigenvalue weighted by Gasteiger charge is 2.27. The van der Waals surface area contributed by atoms with Gasteiger partial charge in [-0.15, -0.1) is 0 Å². The second-order valence-electron chi connectivity index (χ2n) is 8.16. The molecule has 1 saturated heterocycles. The third kappa shape index (κ3) is 5.60. The van der Waals surface area contributed by atoms with Crippen molar-refractivity contribution in [2.24, 2.45) is 0 Å². The number of morpholine rings is 1. The maximum atomic E-state index is 11.0. The molecule has 6 nitrogen and oxygen atoms in total. The van der Waals surface area contributed by atoms with Crippen molar-refractivity contribution in [1.82, 2.24) is 4.90 Å². The van der Waals surface area contributed by atoms with Gasteiger partial charge in [0.2, 0.25) is 0 Å². The second kappa shape index (κ2) is 10.9. The van der Waals surface area contributed by atoms with Gasteiger partial charge in [-0.05, 0) is 68.2 Å². The number of ether oxygens (including phenoxy) is 1. The first-order valence-corrected chi connectivity index (χ1v) is 12.4. The van der Waals surface area contributed by atoms with Crippen molar-refractivity contribution in [2.75, 3.05) is 44.3 Å². The second-order valence-corrected chi connectivity index (χ2v) is 9.33. The fraction of sp³-hybridized carbons (Fsp3) is 0.385. The Bertz CT molecular complexity index is 1020. The summed E-state index contributed by atoms with van der Waals surface area (Å²) in [6, 6.07) is 15.7. The van der Waals surface area contributed by atoms with Crippen LogP contribution < -0.4 is 4.90 Å². The zero-order valence-electron chi connectivity index (χ0n) is 19.3. The molecule has 0 N–H and O–H groups in total. The van der Waals surface area contributed by atoms with Crippen LogP contribution in [0.25, 0.3) is 6.08 Å². The molecule has 1 aliphatic carbocycles. The molecule has 1 aliphatic heterocycles. The molecule has 0 atom stereocenters. The summed E-state index contributed by atoms with van der Waals surface area (Å²) in [5, 5.41) is 11.0. The average molecular weight is 466 g/mol. The summed E-state index contributed by atoms with van der Waals surface area (Å²) in [6.45, 7) is 9.63. The van der Waals surface area contributed by atoms with Gasteiger partial charge in [-0.2, -0.15) is 0 Å². The van der Waals surface area contributed by atoms with Crippen LogP contribution >= 0.6 is 11.8 Å². The zero-order valence-corrected chi connectivity index (χ0v) is 20.1. The number of nitrogens with zero attached hydrogens (tertiary/aromatic N) is 3. The third-order valence-electron chi connectivity index (χ3n) is 6.17. The minimum atomic E-state index is -0.352. The Morgan fingerprint density at radius 1 is 1.03 bits per heavy atom. The quantitative estimate of drug-likeness (QED) is 0.354. The van der Waals surface area contributed by atoms with Crippen molar-refractivity contribution in [2.45, 2.75) is 31.6 Å². The lowest BCUT2D eigenvalue weighted by atomic mass is 10.1. The number of allylic oxidation sites excluding steroid dienone is 2. The molecule has 0 bridgehead atoms. The summed E-state index contributed by atoms with van der Waals surface area (Å²) in [6.07, 6.45) is 4.30. The summed E-state index contributed by atoms with van der Waals surface area (Å²) in [4.78, 5) is 17.8. The predicted octanol–water partition coefficient (Wildman–Crippen LogP) is 5.95. The number of benzene rings is 2. The van der Waals surface area contributed by atoms with Gasteiger partial charge in [0.1, 0.15) is 0 Å². The molecule has 2 aromatic carbocycles. The van der Waals surface area contributed by atoms with Crippen molar-refractivity contribution < 1.29 is 9.66 Å². The smallest absolute Gasteiger partial charge is 0.269 e. The van der Waals surface area contributed by atoms with Crippen LogP contribution in [0, 0.1) is 10.1 Å². The highest BCUT2D eigenvalue weighted by molar-refractivity contribution is 8.03. The summed E-state index contributed by atoms with van der Waals surface area (Å²) >= 11 is 1.73. The Balaban J connectivity index is 1.61. The van der Waals surface area contributed by atoms with E-state index in [1.165, 1.54) is 27.4 Å². The molecule has 0 unspecified atom stereocenters. The molecule has 2 aromatic rings. The lowest BCUT2D eigenvalue weighted by Gasteiger charge is -2.31. The predicted molar refractivity (Wildman–Crippen MR) is 136 cm³/mol. The molecule has 0 aromatic heterocycles. The van der Waals surface area contributed by atoms with Crippen LogP contribution in [0.15, 0.2) is 69.6 Å². The van der Waals surface area contributed by atoms with E-state index >= 15 is 0 Å². The number of thioether (sulfide) groups is 1. The normalized spacial score (nSPS) is 17.6. The fourth-order valence-electron chi connectivity index (χ4n) is 4.42. The summed E-state index contributed by atoms with van der Waals surface area (Å²) in [5.74, 6) is 0. The third-order valence-corrected chi connectivity index (χ3v) is 7.32. The number of anilines is 1. The lowest BCUT2D eigenvalue weighted by molar-refractivity contribution is -0.384. The molecular weight excluding hydrogens is 434 g/mol.